The second-order valence-electron chi connectivity index (χ2n) is 4.00. The van der Waals surface area contributed by atoms with Gasteiger partial charge >= 0.3 is 12.1 Å². The maximum absolute atomic E-state index is 11.7. The van der Waals surface area contributed by atoms with Crippen LogP contribution in [-0.2, 0) is 4.79 Å². The minimum Gasteiger partial charge on any atom is -0.350 e. The van der Waals surface area contributed by atoms with Gasteiger partial charge in [0.2, 0.25) is 0 Å². The van der Waals surface area contributed by atoms with E-state index in [-0.39, 0.29) is 6.04 Å². The molecule has 9 heteroatoms. The summed E-state index contributed by atoms with van der Waals surface area (Å²) >= 11 is 0. The molecule has 17 heavy (non-hydrogen) atoms. The Morgan fingerprint density at radius 3 is 2.71 bits per heavy atom. The summed E-state index contributed by atoms with van der Waals surface area (Å²) in [5.41, 5.74) is 8.87. The molecule has 0 unspecified atom stereocenters. The van der Waals surface area contributed by atoms with Gasteiger partial charge in [0, 0.05) is 6.54 Å². The number of nitrogens with one attached hydrogen (secondary N) is 2. The van der Waals surface area contributed by atoms with Crippen LogP contribution in [0.3, 0.4) is 0 Å². The lowest BCUT2D eigenvalue weighted by Crippen LogP contribution is -2.55. The summed E-state index contributed by atoms with van der Waals surface area (Å²) in [5.74, 6) is -0.522. The molecule has 5 amide bonds. The summed E-state index contributed by atoms with van der Waals surface area (Å²) in [7, 11) is 0. The zero-order valence-corrected chi connectivity index (χ0v) is 8.92. The highest BCUT2D eigenvalue weighted by molar-refractivity contribution is 5.89. The van der Waals surface area contributed by atoms with Crippen LogP contribution >= 0.6 is 0 Å². The Balaban J connectivity index is 2.00. The summed E-state index contributed by atoms with van der Waals surface area (Å²) in [4.78, 5) is 34.9. The molecule has 2 saturated heterocycles. The minimum absolute atomic E-state index is 0.254. The Bertz CT molecular complexity index is 373. The predicted octanol–water partition coefficient (Wildman–Crippen LogP) is -1.66. The van der Waals surface area contributed by atoms with E-state index in [1.807, 2.05) is 5.43 Å². The molecule has 2 aliphatic heterocycles. The molecule has 2 heterocycles. The molecule has 2 aliphatic rings. The van der Waals surface area contributed by atoms with Crippen molar-refractivity contribution in [3.63, 3.8) is 0 Å². The molecular formula is C8H13N5O4. The highest BCUT2D eigenvalue weighted by Crippen LogP contribution is 2.28. The number of rotatable bonds is 1. The van der Waals surface area contributed by atoms with Gasteiger partial charge in [-0.3, -0.25) is 15.4 Å². The van der Waals surface area contributed by atoms with Crippen molar-refractivity contribution in [3.8, 4) is 0 Å². The standard InChI is InChI=1S/C8H13N5O4/c9-7(15)11-10-6(14)5-2-1-4-3-12(5)8(16)13(4)17/h4-5,17H,1-3H2,(H,10,14)(H3,9,11,15)/t4-,5+/m1/s1. The zero-order chi connectivity index (χ0) is 12.6. The average molecular weight is 243 g/mol. The van der Waals surface area contributed by atoms with Gasteiger partial charge in [-0.2, -0.15) is 0 Å². The fourth-order valence-electron chi connectivity index (χ4n) is 2.13. The molecule has 0 aromatic carbocycles. The lowest BCUT2D eigenvalue weighted by atomic mass is 10.0. The van der Waals surface area contributed by atoms with E-state index in [1.165, 1.54) is 4.90 Å². The number of hydrogen-bond acceptors (Lipinski definition) is 4. The van der Waals surface area contributed by atoms with Gasteiger partial charge in [0.15, 0.2) is 0 Å². The first-order chi connectivity index (χ1) is 8.00. The number of carbonyl (C=O) groups is 3. The van der Waals surface area contributed by atoms with Gasteiger partial charge in [-0.25, -0.2) is 20.1 Å². The van der Waals surface area contributed by atoms with Crippen molar-refractivity contribution in [2.45, 2.75) is 24.9 Å². The average Bonchev–Trinajstić information content (AvgIpc) is 2.52. The summed E-state index contributed by atoms with van der Waals surface area (Å²) in [6.07, 6.45) is 0.965. The van der Waals surface area contributed by atoms with Crippen LogP contribution in [0.1, 0.15) is 12.8 Å². The van der Waals surface area contributed by atoms with Crippen molar-refractivity contribution < 1.29 is 19.6 Å². The molecule has 94 valence electrons. The summed E-state index contributed by atoms with van der Waals surface area (Å²) in [5, 5.41) is 10.1. The molecule has 0 spiro atoms. The monoisotopic (exact) mass is 243 g/mol. The number of piperidine rings is 1. The minimum atomic E-state index is -0.886. The number of urea groups is 2. The summed E-state index contributed by atoms with van der Waals surface area (Å²) in [6.45, 7) is 0.310. The van der Waals surface area contributed by atoms with Crippen molar-refractivity contribution in [2.24, 2.45) is 5.73 Å². The van der Waals surface area contributed by atoms with Gasteiger partial charge in [0.1, 0.15) is 6.04 Å². The number of nitrogens with two attached hydrogens (primary N) is 1. The molecule has 2 fully saturated rings. The second-order valence-corrected chi connectivity index (χ2v) is 4.00. The first kappa shape index (κ1) is 11.5. The fraction of sp³-hybridized carbons (Fsp3) is 0.625. The van der Waals surface area contributed by atoms with Crippen LogP contribution in [0.25, 0.3) is 0 Å². The predicted molar refractivity (Wildman–Crippen MR) is 53.4 cm³/mol. The largest absolute Gasteiger partial charge is 0.350 e. The van der Waals surface area contributed by atoms with E-state index in [1.54, 1.807) is 0 Å². The van der Waals surface area contributed by atoms with Gasteiger partial charge in [0.05, 0.1) is 6.04 Å². The summed E-state index contributed by atoms with van der Waals surface area (Å²) < 4.78 is 0. The van der Waals surface area contributed by atoms with Crippen LogP contribution in [0.2, 0.25) is 0 Å². The van der Waals surface area contributed by atoms with Gasteiger partial charge in [-0.05, 0) is 12.8 Å². The number of amides is 5. The second kappa shape index (κ2) is 4.09. The Labute approximate surface area is 96.4 Å². The molecule has 5 N–H and O–H groups in total. The van der Waals surface area contributed by atoms with E-state index in [2.05, 4.69) is 5.43 Å². The van der Waals surface area contributed by atoms with Crippen molar-refractivity contribution >= 4 is 18.0 Å². The van der Waals surface area contributed by atoms with Gasteiger partial charge in [-0.1, -0.05) is 0 Å². The quantitative estimate of drug-likeness (QED) is 0.324. The number of primary amides is 1. The molecule has 2 rings (SSSR count). The Hall–Kier alpha value is -2.03. The third-order valence-electron chi connectivity index (χ3n) is 2.96. The Kier molecular flexibility index (Phi) is 2.76. The SMILES string of the molecule is NC(=O)NNC(=O)[C@@H]1CC[C@@H]2CN1C(=O)N2O. The van der Waals surface area contributed by atoms with Gasteiger partial charge in [-0.15, -0.1) is 0 Å². The molecule has 0 aromatic heterocycles. The van der Waals surface area contributed by atoms with E-state index in [9.17, 15) is 19.6 Å². The number of fused-ring (bicyclic) bond motifs is 2. The molecule has 0 aromatic rings. The number of nitrogens with zero attached hydrogens (tertiary/aromatic N) is 2. The van der Waals surface area contributed by atoms with Crippen molar-refractivity contribution in [3.05, 3.63) is 0 Å². The van der Waals surface area contributed by atoms with E-state index in [0.29, 0.717) is 24.4 Å². The normalized spacial score (nSPS) is 27.0. The number of hydrogen-bond donors (Lipinski definition) is 4. The first-order valence-electron chi connectivity index (χ1n) is 5.14. The van der Waals surface area contributed by atoms with Gasteiger partial charge in [0.25, 0.3) is 5.91 Å². The van der Waals surface area contributed by atoms with E-state index >= 15 is 0 Å². The van der Waals surface area contributed by atoms with Crippen LogP contribution in [0.15, 0.2) is 0 Å². The highest BCUT2D eigenvalue weighted by Gasteiger charge is 2.46. The Morgan fingerprint density at radius 1 is 1.35 bits per heavy atom. The molecule has 0 radical (unpaired) electrons. The Morgan fingerprint density at radius 2 is 2.06 bits per heavy atom. The van der Waals surface area contributed by atoms with Crippen molar-refractivity contribution in [1.82, 2.24) is 20.8 Å². The van der Waals surface area contributed by atoms with Crippen LogP contribution in [0.5, 0.6) is 0 Å². The zero-order valence-electron chi connectivity index (χ0n) is 8.92. The van der Waals surface area contributed by atoms with E-state index < -0.39 is 24.0 Å². The third kappa shape index (κ3) is 1.96. The fourth-order valence-corrected chi connectivity index (χ4v) is 2.13. The third-order valence-corrected chi connectivity index (χ3v) is 2.96. The maximum atomic E-state index is 11.7. The van der Waals surface area contributed by atoms with E-state index in [0.717, 1.165) is 0 Å². The lowest BCUT2D eigenvalue weighted by molar-refractivity contribution is -0.126. The molecule has 2 atom stereocenters. The molecule has 9 nitrogen and oxygen atoms in total. The molecule has 0 saturated carbocycles. The summed E-state index contributed by atoms with van der Waals surface area (Å²) in [6, 6.07) is -2.42. The molecule has 2 bridgehead atoms. The smallest absolute Gasteiger partial charge is 0.344 e. The van der Waals surface area contributed by atoms with Crippen LogP contribution in [-0.4, -0.2) is 51.8 Å². The van der Waals surface area contributed by atoms with E-state index in [4.69, 9.17) is 5.73 Å². The van der Waals surface area contributed by atoms with Gasteiger partial charge < -0.3 is 10.6 Å². The molecular weight excluding hydrogens is 230 g/mol. The van der Waals surface area contributed by atoms with Crippen LogP contribution < -0.4 is 16.6 Å². The molecule has 0 aliphatic carbocycles. The maximum Gasteiger partial charge on any atom is 0.344 e. The number of hydrazine groups is 1. The lowest BCUT2D eigenvalue weighted by Gasteiger charge is -2.28. The van der Waals surface area contributed by atoms with Crippen molar-refractivity contribution in [2.75, 3.05) is 6.54 Å². The van der Waals surface area contributed by atoms with Crippen molar-refractivity contribution in [1.29, 1.82) is 0 Å². The number of hydroxylamine groups is 2. The highest BCUT2D eigenvalue weighted by atomic mass is 16.5. The first-order valence-corrected chi connectivity index (χ1v) is 5.14. The number of carbonyl (C=O) groups excluding carboxylic acids is 3. The van der Waals surface area contributed by atoms with Crippen LogP contribution in [0.4, 0.5) is 9.59 Å². The van der Waals surface area contributed by atoms with Crippen LogP contribution in [0, 0.1) is 0 Å². The topological polar surface area (TPSA) is 128 Å².